The average molecular weight is 209 g/mol. The van der Waals surface area contributed by atoms with Gasteiger partial charge >= 0.3 is 5.97 Å². The van der Waals surface area contributed by atoms with Crippen LogP contribution in [0.25, 0.3) is 5.65 Å². The fourth-order valence-electron chi connectivity index (χ4n) is 1.40. The number of nitrogens with one attached hydrogen (secondary N) is 1. The normalized spacial score (nSPS) is 10.7. The first kappa shape index (κ1) is 9.25. The maximum absolute atomic E-state index is 11.0. The Hall–Kier alpha value is -2.31. The van der Waals surface area contributed by atoms with Gasteiger partial charge in [-0.05, 0) is 6.92 Å². The van der Waals surface area contributed by atoms with Crippen LogP contribution in [0.4, 0.5) is 0 Å². The number of aromatic carboxylic acids is 1. The van der Waals surface area contributed by atoms with Crippen molar-refractivity contribution in [3.8, 4) is 5.88 Å². The predicted molar refractivity (Wildman–Crippen MR) is 49.2 cm³/mol. The molecule has 0 saturated heterocycles. The number of carboxylic acid groups (broad SMARTS) is 1. The minimum Gasteiger partial charge on any atom is -0.493 e. The zero-order valence-corrected chi connectivity index (χ0v) is 7.68. The Bertz CT molecular complexity index is 610. The van der Waals surface area contributed by atoms with Crippen LogP contribution < -0.4 is 5.56 Å². The van der Waals surface area contributed by atoms with Crippen LogP contribution in [0.2, 0.25) is 0 Å². The molecule has 0 aliphatic rings. The second-order valence-corrected chi connectivity index (χ2v) is 3.02. The van der Waals surface area contributed by atoms with Crippen molar-refractivity contribution in [3.05, 3.63) is 27.7 Å². The molecule has 0 aliphatic heterocycles. The first-order valence-electron chi connectivity index (χ1n) is 4.05. The summed E-state index contributed by atoms with van der Waals surface area (Å²) in [4.78, 5) is 24.2. The number of hydrogen-bond donors (Lipinski definition) is 3. The standard InChI is InChI=1S/C8H7N3O4/c1-3-6(8(14)15)7-9-4(12)2-5(13)11(7)10-3/h2,13H,1H3,(H,9,12)(H,14,15). The number of aromatic nitrogens is 3. The van der Waals surface area contributed by atoms with E-state index in [1.54, 1.807) is 0 Å². The minimum absolute atomic E-state index is 0.0231. The molecular formula is C8H7N3O4. The summed E-state index contributed by atoms with van der Waals surface area (Å²) in [6.45, 7) is 1.48. The lowest BCUT2D eigenvalue weighted by Crippen LogP contribution is -2.09. The first-order chi connectivity index (χ1) is 7.00. The Balaban J connectivity index is 2.99. The van der Waals surface area contributed by atoms with Gasteiger partial charge in [-0.3, -0.25) is 4.79 Å². The van der Waals surface area contributed by atoms with Crippen LogP contribution in [0, 0.1) is 6.92 Å². The smallest absolute Gasteiger partial charge is 0.341 e. The highest BCUT2D eigenvalue weighted by Gasteiger charge is 2.18. The van der Waals surface area contributed by atoms with Gasteiger partial charge in [-0.25, -0.2) is 4.79 Å². The van der Waals surface area contributed by atoms with Gasteiger partial charge in [0.2, 0.25) is 5.88 Å². The summed E-state index contributed by atoms with van der Waals surface area (Å²) in [6, 6.07) is 0.922. The van der Waals surface area contributed by atoms with Crippen LogP contribution >= 0.6 is 0 Å². The summed E-state index contributed by atoms with van der Waals surface area (Å²) in [5.41, 5.74) is -0.505. The highest BCUT2D eigenvalue weighted by Crippen LogP contribution is 2.15. The maximum atomic E-state index is 11.0. The van der Waals surface area contributed by atoms with E-state index < -0.39 is 17.4 Å². The van der Waals surface area contributed by atoms with Gasteiger partial charge in [0.25, 0.3) is 5.56 Å². The molecule has 7 nitrogen and oxygen atoms in total. The van der Waals surface area contributed by atoms with Crippen LogP contribution in [0.5, 0.6) is 5.88 Å². The fourth-order valence-corrected chi connectivity index (χ4v) is 1.40. The lowest BCUT2D eigenvalue weighted by atomic mass is 10.2. The number of fused-ring (bicyclic) bond motifs is 1. The largest absolute Gasteiger partial charge is 0.493 e. The van der Waals surface area contributed by atoms with Crippen molar-refractivity contribution >= 4 is 11.6 Å². The van der Waals surface area contributed by atoms with Gasteiger partial charge in [-0.1, -0.05) is 0 Å². The molecule has 0 aromatic carbocycles. The third-order valence-electron chi connectivity index (χ3n) is 1.99. The molecule has 2 heterocycles. The van der Waals surface area contributed by atoms with Gasteiger partial charge in [-0.2, -0.15) is 9.61 Å². The van der Waals surface area contributed by atoms with E-state index in [9.17, 15) is 14.7 Å². The molecule has 78 valence electrons. The number of aryl methyl sites for hydroxylation is 1. The van der Waals surface area contributed by atoms with Crippen molar-refractivity contribution < 1.29 is 15.0 Å². The summed E-state index contributed by atoms with van der Waals surface area (Å²) in [7, 11) is 0. The van der Waals surface area contributed by atoms with Crippen LogP contribution in [-0.2, 0) is 0 Å². The number of aromatic hydroxyl groups is 1. The molecule has 0 bridgehead atoms. The molecule has 15 heavy (non-hydrogen) atoms. The molecule has 0 spiro atoms. The molecule has 3 N–H and O–H groups in total. The number of carboxylic acids is 1. The molecular weight excluding hydrogens is 202 g/mol. The number of nitrogens with zero attached hydrogens (tertiary/aromatic N) is 2. The highest BCUT2D eigenvalue weighted by molar-refractivity contribution is 5.95. The summed E-state index contributed by atoms with van der Waals surface area (Å²) < 4.78 is 0.972. The molecule has 2 aromatic rings. The van der Waals surface area contributed by atoms with E-state index in [1.807, 2.05) is 0 Å². The van der Waals surface area contributed by atoms with Crippen LogP contribution in [0.3, 0.4) is 0 Å². The van der Waals surface area contributed by atoms with E-state index in [4.69, 9.17) is 5.11 Å². The van der Waals surface area contributed by atoms with Gasteiger partial charge < -0.3 is 15.2 Å². The SMILES string of the molecule is Cc1nn2c(O)cc(=O)[nH]c2c1C(=O)O. The summed E-state index contributed by atoms with van der Waals surface area (Å²) in [5.74, 6) is -1.60. The van der Waals surface area contributed by atoms with Crippen molar-refractivity contribution in [2.75, 3.05) is 0 Å². The quantitative estimate of drug-likeness (QED) is 0.599. The zero-order valence-electron chi connectivity index (χ0n) is 7.68. The van der Waals surface area contributed by atoms with Gasteiger partial charge in [0, 0.05) is 0 Å². The predicted octanol–water partition coefficient (Wildman–Crippen LogP) is -0.265. The molecule has 0 aliphatic carbocycles. The monoisotopic (exact) mass is 209 g/mol. The Morgan fingerprint density at radius 2 is 2.27 bits per heavy atom. The van der Waals surface area contributed by atoms with Crippen molar-refractivity contribution in [1.29, 1.82) is 0 Å². The number of carbonyl (C=O) groups is 1. The third-order valence-corrected chi connectivity index (χ3v) is 1.99. The molecule has 0 saturated carbocycles. The second kappa shape index (κ2) is 2.84. The lowest BCUT2D eigenvalue weighted by Gasteiger charge is -1.96. The fraction of sp³-hybridized carbons (Fsp3) is 0.125. The number of aromatic amines is 1. The van der Waals surface area contributed by atoms with E-state index in [1.165, 1.54) is 6.92 Å². The first-order valence-corrected chi connectivity index (χ1v) is 4.05. The topological polar surface area (TPSA) is 108 Å². The van der Waals surface area contributed by atoms with Gasteiger partial charge in [0.05, 0.1) is 11.8 Å². The van der Waals surface area contributed by atoms with Gasteiger partial charge in [0.15, 0.2) is 5.65 Å². The molecule has 0 unspecified atom stereocenters. The summed E-state index contributed by atoms with van der Waals surface area (Å²) >= 11 is 0. The molecule has 0 radical (unpaired) electrons. The highest BCUT2D eigenvalue weighted by atomic mass is 16.4. The van der Waals surface area contributed by atoms with Crippen LogP contribution in [0.15, 0.2) is 10.9 Å². The van der Waals surface area contributed by atoms with E-state index in [0.29, 0.717) is 0 Å². The Morgan fingerprint density at radius 1 is 1.60 bits per heavy atom. The van der Waals surface area contributed by atoms with E-state index in [0.717, 1.165) is 10.6 Å². The molecule has 7 heteroatoms. The lowest BCUT2D eigenvalue weighted by molar-refractivity contribution is 0.0698. The van der Waals surface area contributed by atoms with Crippen LogP contribution in [0.1, 0.15) is 16.1 Å². The van der Waals surface area contributed by atoms with Gasteiger partial charge in [0.1, 0.15) is 5.56 Å². The minimum atomic E-state index is -1.20. The Kier molecular flexibility index (Phi) is 1.75. The molecule has 0 fully saturated rings. The number of hydrogen-bond acceptors (Lipinski definition) is 4. The number of rotatable bonds is 1. The van der Waals surface area contributed by atoms with E-state index in [-0.39, 0.29) is 16.9 Å². The van der Waals surface area contributed by atoms with Crippen molar-refractivity contribution in [2.45, 2.75) is 6.92 Å². The van der Waals surface area contributed by atoms with Crippen molar-refractivity contribution in [1.82, 2.24) is 14.6 Å². The van der Waals surface area contributed by atoms with E-state index in [2.05, 4.69) is 10.1 Å². The molecule has 0 amide bonds. The Morgan fingerprint density at radius 3 is 2.87 bits per heavy atom. The molecule has 2 rings (SSSR count). The molecule has 0 atom stereocenters. The molecule has 2 aromatic heterocycles. The van der Waals surface area contributed by atoms with Crippen LogP contribution in [-0.4, -0.2) is 30.8 Å². The van der Waals surface area contributed by atoms with Gasteiger partial charge in [-0.15, -0.1) is 0 Å². The summed E-state index contributed by atoms with van der Waals surface area (Å²) in [6.07, 6.45) is 0. The van der Waals surface area contributed by atoms with E-state index >= 15 is 0 Å². The average Bonchev–Trinajstić information content (AvgIpc) is 2.41. The van der Waals surface area contributed by atoms with Crippen molar-refractivity contribution in [2.24, 2.45) is 0 Å². The maximum Gasteiger partial charge on any atom is 0.341 e. The Labute approximate surface area is 82.6 Å². The van der Waals surface area contributed by atoms with Crippen molar-refractivity contribution in [3.63, 3.8) is 0 Å². The number of H-pyrrole nitrogens is 1. The second-order valence-electron chi connectivity index (χ2n) is 3.02. The zero-order chi connectivity index (χ0) is 11.2. The third kappa shape index (κ3) is 1.25. The summed E-state index contributed by atoms with van der Waals surface area (Å²) in [5, 5.41) is 22.0.